The Balaban J connectivity index is 2.03. The van der Waals surface area contributed by atoms with Crippen molar-refractivity contribution in [3.63, 3.8) is 0 Å². The van der Waals surface area contributed by atoms with Gasteiger partial charge in [-0.05, 0) is 24.4 Å². The van der Waals surface area contributed by atoms with Crippen LogP contribution in [0.5, 0.6) is 0 Å². The number of thiocarbonyl (C=S) groups is 1. The minimum absolute atomic E-state index is 0.0182. The van der Waals surface area contributed by atoms with E-state index in [-0.39, 0.29) is 30.4 Å². The number of esters is 1. The third-order valence-corrected chi connectivity index (χ3v) is 4.67. The number of carbonyl (C=O) groups is 3. The summed E-state index contributed by atoms with van der Waals surface area (Å²) in [7, 11) is 2.84. The highest BCUT2D eigenvalue weighted by molar-refractivity contribution is 7.80. The quantitative estimate of drug-likeness (QED) is 0.337. The Morgan fingerprint density at radius 1 is 1.25 bits per heavy atom. The number of hydrogen-bond donors (Lipinski definition) is 1. The molecular weight excluding hydrogens is 382 g/mol. The number of para-hydroxylation sites is 1. The van der Waals surface area contributed by atoms with Crippen molar-refractivity contribution >= 4 is 52.1 Å². The molecule has 2 amide bonds. The maximum Gasteiger partial charge on any atom is 0.325 e. The lowest BCUT2D eigenvalue weighted by Gasteiger charge is -2.28. The van der Waals surface area contributed by atoms with Crippen molar-refractivity contribution in [3.05, 3.63) is 41.6 Å². The number of fused-ring (bicyclic) bond motifs is 1. The molecule has 8 nitrogen and oxygen atoms in total. The van der Waals surface area contributed by atoms with Crippen molar-refractivity contribution in [2.45, 2.75) is 6.54 Å². The molecule has 1 aromatic carbocycles. The van der Waals surface area contributed by atoms with Crippen molar-refractivity contribution in [1.29, 1.82) is 0 Å². The molecule has 146 valence electrons. The summed E-state index contributed by atoms with van der Waals surface area (Å²) in [5, 5.41) is 3.38. The van der Waals surface area contributed by atoms with E-state index in [4.69, 9.17) is 21.7 Å². The average Bonchev–Trinajstić information content (AvgIpc) is 3.02. The Hall–Kier alpha value is -3.04. The molecule has 1 aliphatic heterocycles. The third kappa shape index (κ3) is 3.80. The molecule has 1 saturated heterocycles. The highest BCUT2D eigenvalue weighted by atomic mass is 32.1. The van der Waals surface area contributed by atoms with Crippen LogP contribution in [0.4, 0.5) is 0 Å². The van der Waals surface area contributed by atoms with E-state index in [9.17, 15) is 14.4 Å². The van der Waals surface area contributed by atoms with Crippen LogP contribution in [0.15, 0.2) is 36.0 Å². The molecule has 0 spiro atoms. The minimum atomic E-state index is -0.562. The van der Waals surface area contributed by atoms with Crippen molar-refractivity contribution in [2.24, 2.45) is 0 Å². The molecule has 28 heavy (non-hydrogen) atoms. The summed E-state index contributed by atoms with van der Waals surface area (Å²) in [6.45, 7) is 0.535. The molecule has 0 radical (unpaired) electrons. The monoisotopic (exact) mass is 401 g/mol. The van der Waals surface area contributed by atoms with Crippen LogP contribution in [-0.4, -0.2) is 59.7 Å². The van der Waals surface area contributed by atoms with Gasteiger partial charge in [0.25, 0.3) is 11.8 Å². The van der Waals surface area contributed by atoms with E-state index in [1.165, 1.54) is 25.2 Å². The number of rotatable bonds is 6. The van der Waals surface area contributed by atoms with Crippen LogP contribution in [-0.2, 0) is 30.4 Å². The molecular formula is C19H19N3O5S. The number of amides is 2. The standard InChI is InChI=1S/C19H19N3O5S/c1-26-8-7-22-18(25)14(17(24)20-19(22)28)9-12-10-21(11-16(23)27-2)15-6-4-3-5-13(12)15/h3-6,9-10H,7-8,11H2,1-2H3,(H,20,24,28). The summed E-state index contributed by atoms with van der Waals surface area (Å²) in [6, 6.07) is 7.39. The van der Waals surface area contributed by atoms with Gasteiger partial charge in [0, 0.05) is 29.8 Å². The first-order chi connectivity index (χ1) is 13.5. The SMILES string of the molecule is COCCN1C(=O)C(=Cc2cn(CC(=O)OC)c3ccccc23)C(=O)NC1=S. The van der Waals surface area contributed by atoms with Gasteiger partial charge in [0.2, 0.25) is 0 Å². The van der Waals surface area contributed by atoms with Gasteiger partial charge >= 0.3 is 5.97 Å². The molecule has 0 saturated carbocycles. The predicted octanol–water partition coefficient (Wildman–Crippen LogP) is 1.09. The number of benzene rings is 1. The van der Waals surface area contributed by atoms with Gasteiger partial charge in [-0.3, -0.25) is 24.6 Å². The molecule has 1 aromatic heterocycles. The Bertz CT molecular complexity index is 995. The van der Waals surface area contributed by atoms with E-state index >= 15 is 0 Å². The molecule has 2 aromatic rings. The number of aromatic nitrogens is 1. The lowest BCUT2D eigenvalue weighted by atomic mass is 10.1. The molecule has 0 bridgehead atoms. The van der Waals surface area contributed by atoms with E-state index in [0.717, 1.165) is 10.9 Å². The van der Waals surface area contributed by atoms with E-state index in [1.807, 2.05) is 24.3 Å². The lowest BCUT2D eigenvalue weighted by molar-refractivity contribution is -0.141. The zero-order valence-corrected chi connectivity index (χ0v) is 16.2. The molecule has 9 heteroatoms. The summed E-state index contributed by atoms with van der Waals surface area (Å²) >= 11 is 5.09. The molecule has 0 aliphatic carbocycles. The molecule has 1 N–H and O–H groups in total. The number of nitrogens with one attached hydrogen (secondary N) is 1. The molecule has 3 rings (SSSR count). The van der Waals surface area contributed by atoms with Crippen molar-refractivity contribution in [3.8, 4) is 0 Å². The first-order valence-electron chi connectivity index (χ1n) is 8.48. The number of nitrogens with zero attached hydrogens (tertiary/aromatic N) is 2. The first-order valence-corrected chi connectivity index (χ1v) is 8.89. The summed E-state index contributed by atoms with van der Waals surface area (Å²) in [4.78, 5) is 38.2. The Morgan fingerprint density at radius 2 is 2.00 bits per heavy atom. The van der Waals surface area contributed by atoms with Gasteiger partial charge in [-0.1, -0.05) is 18.2 Å². The van der Waals surface area contributed by atoms with E-state index in [2.05, 4.69) is 5.32 Å². The number of methoxy groups -OCH3 is 2. The second-order valence-corrected chi connectivity index (χ2v) is 6.46. The lowest BCUT2D eigenvalue weighted by Crippen LogP contribution is -2.54. The zero-order valence-electron chi connectivity index (χ0n) is 15.4. The summed E-state index contributed by atoms with van der Waals surface area (Å²) in [5.41, 5.74) is 1.39. The highest BCUT2D eigenvalue weighted by Crippen LogP contribution is 2.25. The van der Waals surface area contributed by atoms with Crippen molar-refractivity contribution in [2.75, 3.05) is 27.4 Å². The maximum atomic E-state index is 12.8. The van der Waals surface area contributed by atoms with Crippen LogP contribution < -0.4 is 5.32 Å². The van der Waals surface area contributed by atoms with E-state index < -0.39 is 17.8 Å². The molecule has 0 atom stereocenters. The Morgan fingerprint density at radius 3 is 2.71 bits per heavy atom. The number of ether oxygens (including phenoxy) is 2. The fourth-order valence-electron chi connectivity index (χ4n) is 2.96. The van der Waals surface area contributed by atoms with Gasteiger partial charge in [-0.25, -0.2) is 0 Å². The molecule has 2 heterocycles. The average molecular weight is 401 g/mol. The summed E-state index contributed by atoms with van der Waals surface area (Å²) in [5.74, 6) is -1.45. The van der Waals surface area contributed by atoms with Crippen LogP contribution in [0.3, 0.4) is 0 Å². The smallest absolute Gasteiger partial charge is 0.325 e. The Kier molecular flexibility index (Phi) is 5.86. The van der Waals surface area contributed by atoms with Gasteiger partial charge in [0.05, 0.1) is 20.3 Å². The van der Waals surface area contributed by atoms with Crippen molar-refractivity contribution in [1.82, 2.24) is 14.8 Å². The zero-order chi connectivity index (χ0) is 20.3. The summed E-state index contributed by atoms with van der Waals surface area (Å²) < 4.78 is 11.4. The molecule has 1 fully saturated rings. The summed E-state index contributed by atoms with van der Waals surface area (Å²) in [6.07, 6.45) is 3.22. The topological polar surface area (TPSA) is 89.9 Å². The third-order valence-electron chi connectivity index (χ3n) is 4.35. The molecule has 0 unspecified atom stereocenters. The van der Waals surface area contributed by atoms with Crippen molar-refractivity contribution < 1.29 is 23.9 Å². The van der Waals surface area contributed by atoms with E-state index in [1.54, 1.807) is 10.8 Å². The van der Waals surface area contributed by atoms with Gasteiger partial charge < -0.3 is 14.0 Å². The second-order valence-electron chi connectivity index (χ2n) is 6.07. The van der Waals surface area contributed by atoms with Crippen LogP contribution in [0.2, 0.25) is 0 Å². The van der Waals surface area contributed by atoms with Gasteiger partial charge in [-0.15, -0.1) is 0 Å². The molecule has 1 aliphatic rings. The van der Waals surface area contributed by atoms with Crippen LogP contribution in [0.1, 0.15) is 5.56 Å². The number of carbonyl (C=O) groups excluding carboxylic acids is 3. The van der Waals surface area contributed by atoms with Crippen LogP contribution >= 0.6 is 12.2 Å². The first kappa shape index (κ1) is 19.7. The predicted molar refractivity (Wildman–Crippen MR) is 106 cm³/mol. The van der Waals surface area contributed by atoms with Gasteiger partial charge in [0.1, 0.15) is 12.1 Å². The van der Waals surface area contributed by atoms with Gasteiger partial charge in [0.15, 0.2) is 5.11 Å². The second kappa shape index (κ2) is 8.32. The Labute approximate surface area is 166 Å². The largest absolute Gasteiger partial charge is 0.468 e. The number of hydrogen-bond acceptors (Lipinski definition) is 6. The van der Waals surface area contributed by atoms with Gasteiger partial charge in [-0.2, -0.15) is 0 Å². The fraction of sp³-hybridized carbons (Fsp3) is 0.263. The minimum Gasteiger partial charge on any atom is -0.468 e. The normalized spacial score (nSPS) is 16.0. The maximum absolute atomic E-state index is 12.8. The fourth-order valence-corrected chi connectivity index (χ4v) is 3.23. The van der Waals surface area contributed by atoms with Crippen LogP contribution in [0, 0.1) is 0 Å². The highest BCUT2D eigenvalue weighted by Gasteiger charge is 2.33. The van der Waals surface area contributed by atoms with E-state index in [0.29, 0.717) is 5.56 Å². The van der Waals surface area contributed by atoms with Crippen LogP contribution in [0.25, 0.3) is 17.0 Å².